The summed E-state index contributed by atoms with van der Waals surface area (Å²) in [6, 6.07) is 0.835. The third-order valence-corrected chi connectivity index (χ3v) is 9.76. The molecule has 0 saturated carbocycles. The molecule has 30 heavy (non-hydrogen) atoms. The number of nitrogens with zero attached hydrogens (tertiary/aromatic N) is 3. The summed E-state index contributed by atoms with van der Waals surface area (Å²) in [7, 11) is 8.61. The van der Waals surface area contributed by atoms with Crippen molar-refractivity contribution < 1.29 is 29.3 Å². The summed E-state index contributed by atoms with van der Waals surface area (Å²) >= 11 is 6.39. The lowest BCUT2D eigenvalue weighted by Crippen LogP contribution is -2.71. The van der Waals surface area contributed by atoms with E-state index in [9.17, 15) is 19.8 Å². The largest absolute Gasteiger partial charge is 0.491 e. The van der Waals surface area contributed by atoms with E-state index in [0.717, 1.165) is 10.8 Å². The lowest BCUT2D eigenvalue weighted by molar-refractivity contribution is -0.163. The average Bonchev–Trinajstić information content (AvgIpc) is 2.91. The third kappa shape index (κ3) is 1.97. The molecule has 1 spiro atoms. The van der Waals surface area contributed by atoms with Gasteiger partial charge < -0.3 is 29.5 Å². The van der Waals surface area contributed by atoms with Crippen molar-refractivity contribution in [2.45, 2.75) is 28.8 Å². The summed E-state index contributed by atoms with van der Waals surface area (Å²) in [6.45, 7) is 0. The van der Waals surface area contributed by atoms with Gasteiger partial charge in [-0.2, -0.15) is 0 Å². The van der Waals surface area contributed by atoms with Crippen LogP contribution in [0.4, 0.5) is 5.69 Å². The van der Waals surface area contributed by atoms with Gasteiger partial charge >= 0.3 is 0 Å². The summed E-state index contributed by atoms with van der Waals surface area (Å²) < 4.78 is 10.9. The van der Waals surface area contributed by atoms with Crippen LogP contribution >= 0.6 is 33.2 Å². The van der Waals surface area contributed by atoms with E-state index in [1.165, 1.54) is 40.9 Å². The third-order valence-electron chi connectivity index (χ3n) is 6.54. The van der Waals surface area contributed by atoms with E-state index in [0.29, 0.717) is 11.4 Å². The molecule has 2 N–H and O–H groups in total. The fourth-order valence-electron chi connectivity index (χ4n) is 5.18. The van der Waals surface area contributed by atoms with Crippen molar-refractivity contribution in [1.29, 1.82) is 0 Å². The fraction of sp³-hybridized carbons (Fsp3) is 0.556. The lowest BCUT2D eigenvalue weighted by atomic mass is 9.87. The van der Waals surface area contributed by atoms with Crippen LogP contribution in [0.15, 0.2) is 6.07 Å². The Kier molecular flexibility index (Phi) is 4.25. The molecule has 5 atom stereocenters. The number of ether oxygens (including phenoxy) is 2. The number of carbonyl (C=O) groups is 2. The maximum atomic E-state index is 13.5. The van der Waals surface area contributed by atoms with Crippen LogP contribution in [0.5, 0.6) is 11.5 Å². The Labute approximate surface area is 185 Å². The average molecular weight is 474 g/mol. The number of methoxy groups -OCH3 is 2. The molecule has 1 aromatic rings. The van der Waals surface area contributed by atoms with Crippen molar-refractivity contribution in [2.75, 3.05) is 39.0 Å². The molecule has 12 heteroatoms. The van der Waals surface area contributed by atoms with Gasteiger partial charge in [0.15, 0.2) is 17.1 Å². The topological polar surface area (TPSA) is 103 Å². The molecule has 0 unspecified atom stereocenters. The van der Waals surface area contributed by atoms with Crippen LogP contribution in [0, 0.1) is 0 Å². The molecule has 5 aliphatic rings. The predicted octanol–water partition coefficient (Wildman–Crippen LogP) is 0.456. The van der Waals surface area contributed by atoms with Gasteiger partial charge in [-0.3, -0.25) is 14.5 Å². The number of carbonyl (C=O) groups excluding carboxylic acids is 2. The molecule has 4 fully saturated rings. The van der Waals surface area contributed by atoms with Crippen molar-refractivity contribution in [2.24, 2.45) is 0 Å². The van der Waals surface area contributed by atoms with E-state index >= 15 is 0 Å². The highest BCUT2D eigenvalue weighted by Gasteiger charge is 2.79. The highest BCUT2D eigenvalue weighted by atomic mass is 35.5. The summed E-state index contributed by atoms with van der Waals surface area (Å²) in [4.78, 5) is 29.6. The molecular formula is C18H20ClN3O6S2. The second-order valence-corrected chi connectivity index (χ2v) is 10.7. The van der Waals surface area contributed by atoms with E-state index in [1.807, 2.05) is 0 Å². The molecule has 6 rings (SSSR count). The highest BCUT2D eigenvalue weighted by molar-refractivity contribution is 8.77. The van der Waals surface area contributed by atoms with Gasteiger partial charge in [-0.25, -0.2) is 0 Å². The molecule has 162 valence electrons. The first kappa shape index (κ1) is 20.4. The molecule has 0 radical (unpaired) electrons. The van der Waals surface area contributed by atoms with Crippen molar-refractivity contribution in [3.63, 3.8) is 0 Å². The van der Waals surface area contributed by atoms with Crippen LogP contribution < -0.4 is 14.4 Å². The van der Waals surface area contributed by atoms with Gasteiger partial charge in [0.25, 0.3) is 5.91 Å². The number of aliphatic hydroxyl groups excluding tert-OH is 1. The Hall–Kier alpha value is -1.53. The Balaban J connectivity index is 1.80. The van der Waals surface area contributed by atoms with Crippen molar-refractivity contribution >= 4 is 50.7 Å². The van der Waals surface area contributed by atoms with Crippen LogP contribution in [0.3, 0.4) is 0 Å². The van der Waals surface area contributed by atoms with Crippen molar-refractivity contribution in [1.82, 2.24) is 9.80 Å². The maximum absolute atomic E-state index is 13.5. The molecule has 0 aliphatic carbocycles. The van der Waals surface area contributed by atoms with Gasteiger partial charge in [-0.1, -0.05) is 33.2 Å². The second-order valence-electron chi connectivity index (χ2n) is 7.74. The Morgan fingerprint density at radius 3 is 2.50 bits per heavy atom. The number of piperazine rings is 1. The van der Waals surface area contributed by atoms with E-state index in [2.05, 4.69) is 0 Å². The van der Waals surface area contributed by atoms with E-state index in [4.69, 9.17) is 21.1 Å². The number of halogens is 1. The van der Waals surface area contributed by atoms with Crippen LogP contribution in [0.1, 0.15) is 5.56 Å². The number of likely N-dealkylation sites (N-methyl/N-ethyl adjacent to an activating group) is 2. The van der Waals surface area contributed by atoms with Gasteiger partial charge in [0, 0.05) is 25.4 Å². The van der Waals surface area contributed by atoms with Crippen molar-refractivity contribution in [3.05, 3.63) is 16.7 Å². The Morgan fingerprint density at radius 2 is 1.87 bits per heavy atom. The molecule has 1 aromatic carbocycles. The van der Waals surface area contributed by atoms with Crippen molar-refractivity contribution in [3.8, 4) is 11.5 Å². The molecule has 9 nitrogen and oxygen atoms in total. The van der Waals surface area contributed by atoms with E-state index in [-0.39, 0.29) is 28.0 Å². The van der Waals surface area contributed by atoms with Gasteiger partial charge in [0.1, 0.15) is 18.3 Å². The number of rotatable bonds is 2. The summed E-state index contributed by atoms with van der Waals surface area (Å²) in [5.74, 6) is 0.248. The molecular weight excluding hydrogens is 454 g/mol. The number of amides is 2. The SMILES string of the molecule is COc1c(Cl)cc2c(c1OC)N(C)[C@@H]1N3C(=O)[C@H]4CSS[C@@]3(C(=O)N4C)[C@H](O)[C@@]21O. The lowest BCUT2D eigenvalue weighted by Gasteiger charge is -2.47. The minimum absolute atomic E-state index is 0.184. The highest BCUT2D eigenvalue weighted by Crippen LogP contribution is 2.65. The minimum Gasteiger partial charge on any atom is -0.491 e. The first-order chi connectivity index (χ1) is 14.2. The number of hydrogen-bond donors (Lipinski definition) is 2. The standard InChI is InChI=1S/C18H20ClN3O6S2/c1-20-9-6-29-30-18(16(20)25)14(24)17(26)7-5-8(19)11(27-3)12(28-4)10(7)21(2)15(17)22(18)13(9)23/h5,9,14-15,24,26H,6H2,1-4H3/t9-,14-,15-,17+,18-/m1/s1. The first-order valence-corrected chi connectivity index (χ1v) is 11.9. The number of fused-ring (bicyclic) bond motifs is 6. The number of benzene rings is 1. The quantitative estimate of drug-likeness (QED) is 0.593. The zero-order valence-corrected chi connectivity index (χ0v) is 19.0. The fourth-order valence-corrected chi connectivity index (χ4v) is 8.81. The number of hydrogen-bond acceptors (Lipinski definition) is 9. The minimum atomic E-state index is -1.96. The Bertz CT molecular complexity index is 997. The zero-order chi connectivity index (χ0) is 21.7. The smallest absolute Gasteiger partial charge is 0.263 e. The molecule has 0 aromatic heterocycles. The molecule has 4 saturated heterocycles. The van der Waals surface area contributed by atoms with Crippen LogP contribution in [-0.2, 0) is 15.2 Å². The monoisotopic (exact) mass is 473 g/mol. The normalized spacial score (nSPS) is 36.6. The molecule has 5 aliphatic heterocycles. The van der Waals surface area contributed by atoms with E-state index in [1.54, 1.807) is 19.0 Å². The van der Waals surface area contributed by atoms with Gasteiger partial charge in [0.05, 0.1) is 24.9 Å². The van der Waals surface area contributed by atoms with Gasteiger partial charge in [-0.05, 0) is 6.07 Å². The molecule has 2 bridgehead atoms. The maximum Gasteiger partial charge on any atom is 0.263 e. The summed E-state index contributed by atoms with van der Waals surface area (Å²) in [5.41, 5.74) is -1.23. The molecule has 2 amide bonds. The summed E-state index contributed by atoms with van der Waals surface area (Å²) in [5, 5.41) is 23.7. The first-order valence-electron chi connectivity index (χ1n) is 9.17. The number of aliphatic hydroxyl groups is 2. The van der Waals surface area contributed by atoms with Gasteiger partial charge in [0.2, 0.25) is 10.8 Å². The van der Waals surface area contributed by atoms with Gasteiger partial charge in [-0.15, -0.1) is 0 Å². The second kappa shape index (κ2) is 6.26. The predicted molar refractivity (Wildman–Crippen MR) is 113 cm³/mol. The zero-order valence-electron chi connectivity index (χ0n) is 16.6. The summed E-state index contributed by atoms with van der Waals surface area (Å²) in [6.07, 6.45) is -2.61. The van der Waals surface area contributed by atoms with E-state index < -0.39 is 34.7 Å². The molecule has 5 heterocycles. The van der Waals surface area contributed by atoms with Crippen LogP contribution in [0.2, 0.25) is 5.02 Å². The number of anilines is 1. The Morgan fingerprint density at radius 1 is 1.20 bits per heavy atom. The van der Waals surface area contributed by atoms with Crippen LogP contribution in [-0.4, -0.2) is 89.1 Å². The van der Waals surface area contributed by atoms with Crippen LogP contribution in [0.25, 0.3) is 0 Å².